The molecule has 0 radical (unpaired) electrons. The molecule has 0 bridgehead atoms. The standard InChI is InChI=1S/C13H8F5N/c14-10-3-1-2-8(12(10)19)7-4-5-9(11(15)6-7)13(16,17)18/h1-6H,19H2. The Morgan fingerprint density at radius 3 is 2.16 bits per heavy atom. The van der Waals surface area contributed by atoms with Gasteiger partial charge in [-0.2, -0.15) is 13.2 Å². The maximum Gasteiger partial charge on any atom is 0.419 e. The smallest absolute Gasteiger partial charge is 0.396 e. The van der Waals surface area contributed by atoms with Crippen LogP contribution in [0, 0.1) is 11.6 Å². The number of hydrogen-bond donors (Lipinski definition) is 1. The second-order valence-corrected chi connectivity index (χ2v) is 3.89. The van der Waals surface area contributed by atoms with E-state index in [1.807, 2.05) is 0 Å². The van der Waals surface area contributed by atoms with E-state index < -0.39 is 23.4 Å². The second kappa shape index (κ2) is 4.53. The average Bonchev–Trinajstić information content (AvgIpc) is 2.31. The van der Waals surface area contributed by atoms with Crippen LogP contribution in [0.4, 0.5) is 27.6 Å². The lowest BCUT2D eigenvalue weighted by Crippen LogP contribution is -2.08. The van der Waals surface area contributed by atoms with Gasteiger partial charge in [-0.05, 0) is 23.8 Å². The largest absolute Gasteiger partial charge is 0.419 e. The van der Waals surface area contributed by atoms with E-state index in [1.54, 1.807) is 0 Å². The third-order valence-corrected chi connectivity index (χ3v) is 2.64. The number of para-hydroxylation sites is 1. The van der Waals surface area contributed by atoms with Gasteiger partial charge < -0.3 is 5.73 Å². The highest BCUT2D eigenvalue weighted by molar-refractivity contribution is 5.76. The van der Waals surface area contributed by atoms with Gasteiger partial charge in [-0.3, -0.25) is 0 Å². The molecule has 0 spiro atoms. The third kappa shape index (κ3) is 2.52. The number of anilines is 1. The Hall–Kier alpha value is -2.11. The van der Waals surface area contributed by atoms with Crippen LogP contribution in [0.2, 0.25) is 0 Å². The minimum absolute atomic E-state index is 0.0856. The van der Waals surface area contributed by atoms with Crippen LogP contribution >= 0.6 is 0 Å². The highest BCUT2D eigenvalue weighted by Crippen LogP contribution is 2.35. The summed E-state index contributed by atoms with van der Waals surface area (Å²) in [6.07, 6.45) is -4.77. The van der Waals surface area contributed by atoms with Gasteiger partial charge in [0.15, 0.2) is 0 Å². The number of hydrogen-bond acceptors (Lipinski definition) is 1. The lowest BCUT2D eigenvalue weighted by atomic mass is 10.0. The van der Waals surface area contributed by atoms with Gasteiger partial charge in [0, 0.05) is 5.56 Å². The minimum Gasteiger partial charge on any atom is -0.396 e. The van der Waals surface area contributed by atoms with Gasteiger partial charge in [-0.1, -0.05) is 18.2 Å². The summed E-state index contributed by atoms with van der Waals surface area (Å²) in [6.45, 7) is 0. The zero-order valence-electron chi connectivity index (χ0n) is 9.43. The Labute approximate surface area is 105 Å². The molecule has 2 aromatic rings. The SMILES string of the molecule is Nc1c(F)cccc1-c1ccc(C(F)(F)F)c(F)c1. The van der Waals surface area contributed by atoms with E-state index in [9.17, 15) is 22.0 Å². The summed E-state index contributed by atoms with van der Waals surface area (Å²) in [5.41, 5.74) is 4.10. The summed E-state index contributed by atoms with van der Waals surface area (Å²) in [6, 6.07) is 6.20. The van der Waals surface area contributed by atoms with Gasteiger partial charge in [-0.15, -0.1) is 0 Å². The normalized spacial score (nSPS) is 11.6. The molecule has 0 aliphatic rings. The second-order valence-electron chi connectivity index (χ2n) is 3.89. The van der Waals surface area contributed by atoms with Crippen LogP contribution in [0.15, 0.2) is 36.4 Å². The van der Waals surface area contributed by atoms with E-state index >= 15 is 0 Å². The molecule has 0 aliphatic heterocycles. The Kier molecular flexibility index (Phi) is 3.18. The molecular formula is C13H8F5N. The van der Waals surface area contributed by atoms with Crippen molar-refractivity contribution in [3.8, 4) is 11.1 Å². The summed E-state index contributed by atoms with van der Waals surface area (Å²) >= 11 is 0. The van der Waals surface area contributed by atoms with Crippen LogP contribution in [0.5, 0.6) is 0 Å². The number of rotatable bonds is 1. The number of alkyl halides is 3. The highest BCUT2D eigenvalue weighted by atomic mass is 19.4. The molecule has 100 valence electrons. The highest BCUT2D eigenvalue weighted by Gasteiger charge is 2.34. The number of nitrogens with two attached hydrogens (primary N) is 1. The summed E-state index contributed by atoms with van der Waals surface area (Å²) in [5, 5.41) is 0. The molecule has 2 N–H and O–H groups in total. The molecule has 6 heteroatoms. The zero-order valence-corrected chi connectivity index (χ0v) is 9.43. The summed E-state index contributed by atoms with van der Waals surface area (Å²) in [7, 11) is 0. The maximum atomic E-state index is 13.4. The summed E-state index contributed by atoms with van der Waals surface area (Å²) < 4.78 is 63.8. The molecule has 2 aromatic carbocycles. The van der Waals surface area contributed by atoms with Crippen molar-refractivity contribution >= 4 is 5.69 Å². The van der Waals surface area contributed by atoms with Crippen molar-refractivity contribution in [3.63, 3.8) is 0 Å². The van der Waals surface area contributed by atoms with E-state index in [0.29, 0.717) is 12.1 Å². The Morgan fingerprint density at radius 2 is 1.58 bits per heavy atom. The van der Waals surface area contributed by atoms with E-state index in [2.05, 4.69) is 0 Å². The first-order valence-corrected chi connectivity index (χ1v) is 5.22. The van der Waals surface area contributed by atoms with E-state index in [-0.39, 0.29) is 16.8 Å². The fourth-order valence-corrected chi connectivity index (χ4v) is 1.70. The van der Waals surface area contributed by atoms with E-state index in [0.717, 1.165) is 12.1 Å². The maximum absolute atomic E-state index is 13.4. The van der Waals surface area contributed by atoms with Crippen molar-refractivity contribution in [2.45, 2.75) is 6.18 Å². The lowest BCUT2D eigenvalue weighted by Gasteiger charge is -2.11. The first-order chi connectivity index (χ1) is 8.80. The molecule has 0 saturated heterocycles. The predicted octanol–water partition coefficient (Wildman–Crippen LogP) is 4.23. The van der Waals surface area contributed by atoms with E-state index in [1.165, 1.54) is 12.1 Å². The molecule has 0 atom stereocenters. The van der Waals surface area contributed by atoms with Gasteiger partial charge in [-0.25, -0.2) is 8.78 Å². The molecule has 0 amide bonds. The van der Waals surface area contributed by atoms with Crippen LogP contribution < -0.4 is 5.73 Å². The van der Waals surface area contributed by atoms with Crippen LogP contribution in [0.1, 0.15) is 5.56 Å². The predicted molar refractivity (Wildman–Crippen MR) is 61.2 cm³/mol. The topological polar surface area (TPSA) is 26.0 Å². The molecule has 0 saturated carbocycles. The number of nitrogen functional groups attached to an aromatic ring is 1. The van der Waals surface area contributed by atoms with Crippen LogP contribution in [-0.2, 0) is 6.18 Å². The van der Waals surface area contributed by atoms with Gasteiger partial charge in [0.1, 0.15) is 11.6 Å². The minimum atomic E-state index is -4.77. The van der Waals surface area contributed by atoms with Crippen molar-refractivity contribution in [2.75, 3.05) is 5.73 Å². The van der Waals surface area contributed by atoms with Gasteiger partial charge in [0.25, 0.3) is 0 Å². The third-order valence-electron chi connectivity index (χ3n) is 2.64. The number of halogens is 5. The average molecular weight is 273 g/mol. The molecule has 0 aromatic heterocycles. The Bertz CT molecular complexity index is 619. The fourth-order valence-electron chi connectivity index (χ4n) is 1.70. The molecule has 0 aliphatic carbocycles. The van der Waals surface area contributed by atoms with Crippen molar-refractivity contribution < 1.29 is 22.0 Å². The van der Waals surface area contributed by atoms with Crippen LogP contribution in [0.25, 0.3) is 11.1 Å². The molecular weight excluding hydrogens is 265 g/mol. The molecule has 0 fully saturated rings. The van der Waals surface area contributed by atoms with Crippen molar-refractivity contribution in [1.82, 2.24) is 0 Å². The van der Waals surface area contributed by atoms with E-state index in [4.69, 9.17) is 5.73 Å². The van der Waals surface area contributed by atoms with Crippen molar-refractivity contribution in [1.29, 1.82) is 0 Å². The first kappa shape index (κ1) is 13.3. The van der Waals surface area contributed by atoms with Crippen LogP contribution in [-0.4, -0.2) is 0 Å². The molecule has 0 unspecified atom stereocenters. The molecule has 1 nitrogen and oxygen atoms in total. The van der Waals surface area contributed by atoms with Crippen molar-refractivity contribution in [3.05, 3.63) is 53.6 Å². The quantitative estimate of drug-likeness (QED) is 0.610. The zero-order chi connectivity index (χ0) is 14.2. The molecule has 2 rings (SSSR count). The molecule has 0 heterocycles. The van der Waals surface area contributed by atoms with Gasteiger partial charge >= 0.3 is 6.18 Å². The Morgan fingerprint density at radius 1 is 0.895 bits per heavy atom. The lowest BCUT2D eigenvalue weighted by molar-refractivity contribution is -0.139. The number of benzene rings is 2. The first-order valence-electron chi connectivity index (χ1n) is 5.22. The molecule has 19 heavy (non-hydrogen) atoms. The Balaban J connectivity index is 2.54. The summed E-state index contributed by atoms with van der Waals surface area (Å²) in [5.74, 6) is -2.13. The summed E-state index contributed by atoms with van der Waals surface area (Å²) in [4.78, 5) is 0. The van der Waals surface area contributed by atoms with Crippen molar-refractivity contribution in [2.24, 2.45) is 0 Å². The van der Waals surface area contributed by atoms with Crippen LogP contribution in [0.3, 0.4) is 0 Å². The monoisotopic (exact) mass is 273 g/mol. The van der Waals surface area contributed by atoms with Gasteiger partial charge in [0.05, 0.1) is 11.3 Å². The fraction of sp³-hybridized carbons (Fsp3) is 0.0769. The van der Waals surface area contributed by atoms with Gasteiger partial charge in [0.2, 0.25) is 0 Å².